The first-order chi connectivity index (χ1) is 6.87. The highest BCUT2D eigenvalue weighted by Crippen LogP contribution is 2.10. The summed E-state index contributed by atoms with van der Waals surface area (Å²) in [7, 11) is 0. The first kappa shape index (κ1) is 14.4. The monoisotopic (exact) mass is 217 g/mol. The van der Waals surface area contributed by atoms with Crippen molar-refractivity contribution < 1.29 is 14.6 Å². The third-order valence-corrected chi connectivity index (χ3v) is 1.88. The van der Waals surface area contributed by atoms with Gasteiger partial charge in [-0.2, -0.15) is 0 Å². The maximum Gasteiger partial charge on any atom is 0.323 e. The molecule has 0 aliphatic heterocycles. The van der Waals surface area contributed by atoms with E-state index in [9.17, 15) is 4.79 Å². The van der Waals surface area contributed by atoms with Gasteiger partial charge < -0.3 is 15.6 Å². The van der Waals surface area contributed by atoms with Crippen LogP contribution >= 0.6 is 0 Å². The zero-order valence-corrected chi connectivity index (χ0v) is 9.95. The van der Waals surface area contributed by atoms with E-state index in [-0.39, 0.29) is 12.6 Å². The van der Waals surface area contributed by atoms with E-state index >= 15 is 0 Å². The molecular formula is C11H23NO3. The smallest absolute Gasteiger partial charge is 0.323 e. The molecule has 0 bridgehead atoms. The lowest BCUT2D eigenvalue weighted by molar-refractivity contribution is -0.156. The van der Waals surface area contributed by atoms with Crippen LogP contribution < -0.4 is 5.73 Å². The van der Waals surface area contributed by atoms with Gasteiger partial charge >= 0.3 is 5.97 Å². The Morgan fingerprint density at radius 1 is 1.33 bits per heavy atom. The molecule has 3 N–H and O–H groups in total. The summed E-state index contributed by atoms with van der Waals surface area (Å²) in [5.74, 6) is -0.341. The summed E-state index contributed by atoms with van der Waals surface area (Å²) in [4.78, 5) is 11.4. The van der Waals surface area contributed by atoms with Gasteiger partial charge in [0.1, 0.15) is 11.6 Å². The lowest BCUT2D eigenvalue weighted by Crippen LogP contribution is -2.37. The SMILES string of the molecule is CC(C)(C)OC(=O)C(N)CCCCCO. The topological polar surface area (TPSA) is 72.5 Å². The third-order valence-electron chi connectivity index (χ3n) is 1.88. The predicted molar refractivity (Wildman–Crippen MR) is 59.4 cm³/mol. The Bertz CT molecular complexity index is 187. The van der Waals surface area contributed by atoms with E-state index < -0.39 is 11.6 Å². The van der Waals surface area contributed by atoms with Crippen molar-refractivity contribution in [1.82, 2.24) is 0 Å². The first-order valence-electron chi connectivity index (χ1n) is 5.46. The van der Waals surface area contributed by atoms with Gasteiger partial charge in [0.25, 0.3) is 0 Å². The standard InChI is InChI=1S/C11H23NO3/c1-11(2,3)15-10(14)9(12)7-5-4-6-8-13/h9,13H,4-8,12H2,1-3H3. The zero-order chi connectivity index (χ0) is 11.9. The number of ether oxygens (including phenoxy) is 1. The average Bonchev–Trinajstić information content (AvgIpc) is 2.09. The fourth-order valence-corrected chi connectivity index (χ4v) is 1.15. The molecule has 0 fully saturated rings. The van der Waals surface area contributed by atoms with Crippen molar-refractivity contribution >= 4 is 5.97 Å². The second kappa shape index (κ2) is 6.80. The van der Waals surface area contributed by atoms with E-state index in [0.717, 1.165) is 19.3 Å². The van der Waals surface area contributed by atoms with E-state index in [1.54, 1.807) is 0 Å². The first-order valence-corrected chi connectivity index (χ1v) is 5.46. The molecule has 0 amide bonds. The number of nitrogens with two attached hydrogens (primary N) is 1. The molecule has 0 aromatic rings. The minimum Gasteiger partial charge on any atom is -0.459 e. The summed E-state index contributed by atoms with van der Waals surface area (Å²) in [6.45, 7) is 5.66. The van der Waals surface area contributed by atoms with Crippen molar-refractivity contribution in [3.8, 4) is 0 Å². The van der Waals surface area contributed by atoms with Gasteiger partial charge in [-0.3, -0.25) is 4.79 Å². The molecule has 0 saturated heterocycles. The van der Waals surface area contributed by atoms with Gasteiger partial charge in [-0.1, -0.05) is 12.8 Å². The lowest BCUT2D eigenvalue weighted by Gasteiger charge is -2.22. The number of aliphatic hydroxyl groups excluding tert-OH is 1. The Labute approximate surface area is 91.8 Å². The quantitative estimate of drug-likeness (QED) is 0.518. The molecule has 90 valence electrons. The summed E-state index contributed by atoms with van der Waals surface area (Å²) in [6.07, 6.45) is 3.13. The highest BCUT2D eigenvalue weighted by molar-refractivity contribution is 5.75. The number of esters is 1. The normalized spacial score (nSPS) is 13.7. The number of carbonyl (C=O) groups excluding carboxylic acids is 1. The van der Waals surface area contributed by atoms with E-state index in [2.05, 4.69) is 0 Å². The molecule has 0 radical (unpaired) electrons. The number of rotatable bonds is 6. The van der Waals surface area contributed by atoms with Gasteiger partial charge in [0, 0.05) is 6.61 Å². The minimum absolute atomic E-state index is 0.196. The largest absolute Gasteiger partial charge is 0.459 e. The number of hydrogen-bond acceptors (Lipinski definition) is 4. The van der Waals surface area contributed by atoms with Gasteiger partial charge in [0.15, 0.2) is 0 Å². The summed E-state index contributed by atoms with van der Waals surface area (Å²) in [6, 6.07) is -0.539. The van der Waals surface area contributed by atoms with E-state index in [0.29, 0.717) is 6.42 Å². The molecule has 0 saturated carbocycles. The van der Waals surface area contributed by atoms with E-state index in [1.165, 1.54) is 0 Å². The Morgan fingerprint density at radius 2 is 1.93 bits per heavy atom. The van der Waals surface area contributed by atoms with Gasteiger partial charge in [-0.25, -0.2) is 0 Å². The number of unbranched alkanes of at least 4 members (excludes halogenated alkanes) is 2. The van der Waals surface area contributed by atoms with Crippen LogP contribution in [-0.2, 0) is 9.53 Å². The van der Waals surface area contributed by atoms with Crippen molar-refractivity contribution in [3.63, 3.8) is 0 Å². The van der Waals surface area contributed by atoms with E-state index in [4.69, 9.17) is 15.6 Å². The van der Waals surface area contributed by atoms with Crippen LogP contribution in [0.4, 0.5) is 0 Å². The zero-order valence-electron chi connectivity index (χ0n) is 9.95. The van der Waals surface area contributed by atoms with E-state index in [1.807, 2.05) is 20.8 Å². The van der Waals surface area contributed by atoms with Crippen molar-refractivity contribution in [2.75, 3.05) is 6.61 Å². The van der Waals surface area contributed by atoms with Crippen LogP contribution in [0.5, 0.6) is 0 Å². The average molecular weight is 217 g/mol. The van der Waals surface area contributed by atoms with Crippen LogP contribution in [0.2, 0.25) is 0 Å². The Morgan fingerprint density at radius 3 is 2.40 bits per heavy atom. The molecule has 0 heterocycles. The molecule has 1 atom stereocenters. The highest BCUT2D eigenvalue weighted by atomic mass is 16.6. The molecule has 0 aliphatic carbocycles. The Kier molecular flexibility index (Phi) is 6.52. The molecule has 0 spiro atoms. The molecule has 15 heavy (non-hydrogen) atoms. The van der Waals surface area contributed by atoms with Crippen LogP contribution in [0.3, 0.4) is 0 Å². The molecule has 0 aromatic heterocycles. The molecule has 0 aromatic carbocycles. The summed E-state index contributed by atoms with van der Waals surface area (Å²) < 4.78 is 5.14. The van der Waals surface area contributed by atoms with Crippen LogP contribution in [0.25, 0.3) is 0 Å². The maximum atomic E-state index is 11.4. The van der Waals surface area contributed by atoms with Gasteiger partial charge in [0.2, 0.25) is 0 Å². The summed E-state index contributed by atoms with van der Waals surface area (Å²) >= 11 is 0. The molecule has 0 rings (SSSR count). The van der Waals surface area contributed by atoms with Crippen molar-refractivity contribution in [2.24, 2.45) is 5.73 Å². The minimum atomic E-state index is -0.539. The third kappa shape index (κ3) is 8.39. The maximum absolute atomic E-state index is 11.4. The van der Waals surface area contributed by atoms with Crippen LogP contribution in [0.1, 0.15) is 46.5 Å². The molecule has 4 nitrogen and oxygen atoms in total. The number of aliphatic hydroxyl groups is 1. The van der Waals surface area contributed by atoms with Gasteiger partial charge in [-0.15, -0.1) is 0 Å². The molecular weight excluding hydrogens is 194 g/mol. The Balaban J connectivity index is 3.70. The second-order valence-corrected chi connectivity index (χ2v) is 4.71. The molecule has 1 unspecified atom stereocenters. The Hall–Kier alpha value is -0.610. The molecule has 0 aliphatic rings. The summed E-state index contributed by atoms with van der Waals surface area (Å²) in [5, 5.41) is 8.57. The predicted octanol–water partition coefficient (Wildman–Crippen LogP) is 1.21. The second-order valence-electron chi connectivity index (χ2n) is 4.71. The summed E-state index contributed by atoms with van der Waals surface area (Å²) in [5.41, 5.74) is 5.20. The number of hydrogen-bond donors (Lipinski definition) is 2. The van der Waals surface area contributed by atoms with Crippen LogP contribution in [-0.4, -0.2) is 29.3 Å². The van der Waals surface area contributed by atoms with Crippen LogP contribution in [0, 0.1) is 0 Å². The highest BCUT2D eigenvalue weighted by Gasteiger charge is 2.21. The molecule has 4 heteroatoms. The number of carbonyl (C=O) groups is 1. The van der Waals surface area contributed by atoms with Crippen LogP contribution in [0.15, 0.2) is 0 Å². The van der Waals surface area contributed by atoms with Gasteiger partial charge in [-0.05, 0) is 33.6 Å². The van der Waals surface area contributed by atoms with Crippen molar-refractivity contribution in [2.45, 2.75) is 58.1 Å². The fourth-order valence-electron chi connectivity index (χ4n) is 1.15. The lowest BCUT2D eigenvalue weighted by atomic mass is 10.1. The fraction of sp³-hybridized carbons (Fsp3) is 0.909. The van der Waals surface area contributed by atoms with Crippen molar-refractivity contribution in [1.29, 1.82) is 0 Å². The van der Waals surface area contributed by atoms with Gasteiger partial charge in [0.05, 0.1) is 0 Å². The van der Waals surface area contributed by atoms with Crippen molar-refractivity contribution in [3.05, 3.63) is 0 Å².